The molecule has 1 aliphatic rings. The van der Waals surface area contributed by atoms with Crippen LogP contribution in [0.1, 0.15) is 31.0 Å². The zero-order valence-electron chi connectivity index (χ0n) is 17.8. The van der Waals surface area contributed by atoms with Crippen molar-refractivity contribution in [1.82, 2.24) is 30.5 Å². The van der Waals surface area contributed by atoms with Crippen molar-refractivity contribution in [3.8, 4) is 11.4 Å². The van der Waals surface area contributed by atoms with Crippen LogP contribution in [-0.2, 0) is 16.0 Å². The smallest absolute Gasteiger partial charge is 0.293 e. The molecular weight excluding hydrogens is 442 g/mol. The van der Waals surface area contributed by atoms with Gasteiger partial charge in [0, 0.05) is 30.4 Å². The van der Waals surface area contributed by atoms with E-state index in [2.05, 4.69) is 30.9 Å². The second-order valence-corrected chi connectivity index (χ2v) is 8.24. The normalized spacial score (nSPS) is 14.8. The Morgan fingerprint density at radius 1 is 1.18 bits per heavy atom. The van der Waals surface area contributed by atoms with Crippen LogP contribution >= 0.6 is 11.8 Å². The first-order valence-corrected chi connectivity index (χ1v) is 11.2. The Kier molecular flexibility index (Phi) is 6.89. The Bertz CT molecular complexity index is 1180. The van der Waals surface area contributed by atoms with Gasteiger partial charge in [-0.3, -0.25) is 24.3 Å². The number of pyridine rings is 1. The topological polar surface area (TPSA) is 134 Å². The first-order valence-electron chi connectivity index (χ1n) is 10.4. The SMILES string of the molecule is CCc1ccc(/C=C2\SC(=O)N(CCCC(=O)Nc3ccc(-c4nn[nH]n4)cc3)C2=O)nc1. The predicted octanol–water partition coefficient (Wildman–Crippen LogP) is 3.28. The Balaban J connectivity index is 1.27. The molecule has 168 valence electrons. The molecule has 0 spiro atoms. The third-order valence-corrected chi connectivity index (χ3v) is 5.87. The molecule has 10 nitrogen and oxygen atoms in total. The van der Waals surface area contributed by atoms with Gasteiger partial charge in [-0.1, -0.05) is 13.0 Å². The van der Waals surface area contributed by atoms with Crippen molar-refractivity contribution in [1.29, 1.82) is 0 Å². The van der Waals surface area contributed by atoms with Crippen LogP contribution in [0.5, 0.6) is 0 Å². The summed E-state index contributed by atoms with van der Waals surface area (Å²) in [4.78, 5) is 43.0. The third-order valence-electron chi connectivity index (χ3n) is 4.97. The zero-order valence-corrected chi connectivity index (χ0v) is 18.6. The number of benzene rings is 1. The van der Waals surface area contributed by atoms with E-state index in [-0.39, 0.29) is 30.0 Å². The lowest BCUT2D eigenvalue weighted by Gasteiger charge is -2.12. The van der Waals surface area contributed by atoms with Gasteiger partial charge in [0.05, 0.1) is 10.6 Å². The van der Waals surface area contributed by atoms with Gasteiger partial charge in [-0.15, -0.1) is 10.2 Å². The van der Waals surface area contributed by atoms with Crippen molar-refractivity contribution >= 4 is 40.6 Å². The number of rotatable bonds is 8. The fourth-order valence-electron chi connectivity index (χ4n) is 3.17. The van der Waals surface area contributed by atoms with Crippen molar-refractivity contribution in [3.05, 3.63) is 58.8 Å². The fourth-order valence-corrected chi connectivity index (χ4v) is 4.02. The average molecular weight is 464 g/mol. The van der Waals surface area contributed by atoms with Crippen LogP contribution in [-0.4, -0.2) is 54.1 Å². The monoisotopic (exact) mass is 463 g/mol. The molecule has 1 saturated heterocycles. The van der Waals surface area contributed by atoms with Crippen molar-refractivity contribution in [3.63, 3.8) is 0 Å². The number of hydrogen-bond donors (Lipinski definition) is 2. The van der Waals surface area contributed by atoms with Crippen LogP contribution in [0.2, 0.25) is 0 Å². The lowest BCUT2D eigenvalue weighted by Crippen LogP contribution is -2.29. The highest BCUT2D eigenvalue weighted by atomic mass is 32.2. The van der Waals surface area contributed by atoms with E-state index in [1.807, 2.05) is 19.1 Å². The number of H-pyrrole nitrogens is 1. The van der Waals surface area contributed by atoms with Crippen LogP contribution in [0.3, 0.4) is 0 Å². The summed E-state index contributed by atoms with van der Waals surface area (Å²) >= 11 is 0.889. The maximum Gasteiger partial charge on any atom is 0.293 e. The van der Waals surface area contributed by atoms with Crippen LogP contribution in [0.15, 0.2) is 47.5 Å². The number of anilines is 1. The second-order valence-electron chi connectivity index (χ2n) is 7.24. The maximum absolute atomic E-state index is 12.6. The van der Waals surface area contributed by atoms with Gasteiger partial charge < -0.3 is 5.32 Å². The number of aromatic amines is 1. The van der Waals surface area contributed by atoms with Crippen molar-refractivity contribution in [2.75, 3.05) is 11.9 Å². The summed E-state index contributed by atoms with van der Waals surface area (Å²) in [5.74, 6) is -0.0956. The quantitative estimate of drug-likeness (QED) is 0.486. The standard InChI is InChI=1S/C22H21N7O3S/c1-2-14-5-8-17(23-13-14)12-18-21(31)29(22(32)33-18)11-3-4-19(30)24-16-9-6-15(7-10-16)20-25-27-28-26-20/h5-10,12-13H,2-4,11H2,1H3,(H,24,30)(H,25,26,27,28)/b18-12-. The fraction of sp³-hybridized carbons (Fsp3) is 0.227. The van der Waals surface area contributed by atoms with Gasteiger partial charge in [0.15, 0.2) is 0 Å². The number of amides is 3. The highest BCUT2D eigenvalue weighted by Crippen LogP contribution is 2.32. The van der Waals surface area contributed by atoms with Gasteiger partial charge in [-0.05, 0) is 71.8 Å². The summed E-state index contributed by atoms with van der Waals surface area (Å²) in [6.45, 7) is 2.21. The molecule has 2 N–H and O–H groups in total. The van der Waals surface area contributed by atoms with Crippen LogP contribution < -0.4 is 5.32 Å². The lowest BCUT2D eigenvalue weighted by molar-refractivity contribution is -0.123. The number of carbonyl (C=O) groups excluding carboxylic acids is 3. The molecule has 11 heteroatoms. The number of carbonyl (C=O) groups is 3. The second kappa shape index (κ2) is 10.2. The lowest BCUT2D eigenvalue weighted by atomic mass is 10.2. The molecule has 0 unspecified atom stereocenters. The summed E-state index contributed by atoms with van der Waals surface area (Å²) in [7, 11) is 0. The first kappa shape index (κ1) is 22.3. The molecule has 3 heterocycles. The summed E-state index contributed by atoms with van der Waals surface area (Å²) in [6.07, 6.45) is 4.79. The molecule has 1 aromatic carbocycles. The molecule has 4 rings (SSSR count). The molecule has 2 aromatic heterocycles. The van der Waals surface area contributed by atoms with E-state index in [1.54, 1.807) is 36.5 Å². The molecule has 3 aromatic rings. The van der Waals surface area contributed by atoms with E-state index in [9.17, 15) is 14.4 Å². The number of hydrogen-bond acceptors (Lipinski definition) is 8. The number of imide groups is 1. The number of tetrazole rings is 1. The summed E-state index contributed by atoms with van der Waals surface area (Å²) < 4.78 is 0. The van der Waals surface area contributed by atoms with E-state index in [4.69, 9.17) is 0 Å². The van der Waals surface area contributed by atoms with Gasteiger partial charge in [0.2, 0.25) is 11.7 Å². The first-order chi connectivity index (χ1) is 16.0. The summed E-state index contributed by atoms with van der Waals surface area (Å²) in [6, 6.07) is 10.8. The molecule has 0 atom stereocenters. The van der Waals surface area contributed by atoms with Crippen LogP contribution in [0.4, 0.5) is 10.5 Å². The van der Waals surface area contributed by atoms with E-state index in [0.717, 1.165) is 29.3 Å². The Morgan fingerprint density at radius 2 is 2.00 bits per heavy atom. The molecule has 0 aliphatic carbocycles. The molecular formula is C22H21N7O3S. The number of thioether (sulfide) groups is 1. The third kappa shape index (κ3) is 5.50. The number of aromatic nitrogens is 5. The highest BCUT2D eigenvalue weighted by Gasteiger charge is 2.34. The van der Waals surface area contributed by atoms with Gasteiger partial charge in [0.1, 0.15) is 0 Å². The molecule has 0 saturated carbocycles. The van der Waals surface area contributed by atoms with Gasteiger partial charge in [-0.2, -0.15) is 5.21 Å². The van der Waals surface area contributed by atoms with Crippen molar-refractivity contribution in [2.45, 2.75) is 26.2 Å². The van der Waals surface area contributed by atoms with Crippen LogP contribution in [0, 0.1) is 0 Å². The van der Waals surface area contributed by atoms with E-state index in [1.165, 1.54) is 4.90 Å². The average Bonchev–Trinajstić information content (AvgIpc) is 3.45. The zero-order chi connectivity index (χ0) is 23.2. The molecule has 0 radical (unpaired) electrons. The Hall–Kier alpha value is -3.86. The number of aryl methyl sites for hydroxylation is 1. The predicted molar refractivity (Wildman–Crippen MR) is 124 cm³/mol. The van der Waals surface area contributed by atoms with Crippen molar-refractivity contribution < 1.29 is 14.4 Å². The van der Waals surface area contributed by atoms with E-state index in [0.29, 0.717) is 28.5 Å². The Labute approximate surface area is 193 Å². The molecule has 33 heavy (non-hydrogen) atoms. The minimum Gasteiger partial charge on any atom is -0.326 e. The molecule has 3 amide bonds. The van der Waals surface area contributed by atoms with Gasteiger partial charge >= 0.3 is 0 Å². The van der Waals surface area contributed by atoms with Gasteiger partial charge in [-0.25, -0.2) is 0 Å². The molecule has 0 bridgehead atoms. The molecule has 1 aliphatic heterocycles. The molecule has 1 fully saturated rings. The minimum atomic E-state index is -0.358. The van der Waals surface area contributed by atoms with Gasteiger partial charge in [0.25, 0.3) is 11.1 Å². The number of nitrogens with one attached hydrogen (secondary N) is 2. The van der Waals surface area contributed by atoms with Crippen molar-refractivity contribution in [2.24, 2.45) is 0 Å². The highest BCUT2D eigenvalue weighted by molar-refractivity contribution is 8.18. The summed E-state index contributed by atoms with van der Waals surface area (Å²) in [5, 5.41) is 16.2. The van der Waals surface area contributed by atoms with Crippen LogP contribution in [0.25, 0.3) is 17.5 Å². The van der Waals surface area contributed by atoms with E-state index >= 15 is 0 Å². The largest absolute Gasteiger partial charge is 0.326 e. The minimum absolute atomic E-state index is 0.174. The summed E-state index contributed by atoms with van der Waals surface area (Å²) in [5.41, 5.74) is 3.12. The Morgan fingerprint density at radius 3 is 2.67 bits per heavy atom. The van der Waals surface area contributed by atoms with E-state index < -0.39 is 0 Å². The number of nitrogens with zero attached hydrogens (tertiary/aromatic N) is 5. The maximum atomic E-state index is 12.6.